The van der Waals surface area contributed by atoms with Gasteiger partial charge in [-0.3, -0.25) is 10.1 Å². The average molecular weight is 345 g/mol. The maximum atomic E-state index is 12.3. The third-order valence-corrected chi connectivity index (χ3v) is 4.63. The van der Waals surface area contributed by atoms with E-state index in [1.165, 1.54) is 29.3 Å². The van der Waals surface area contributed by atoms with Gasteiger partial charge >= 0.3 is 5.97 Å². The molecule has 0 fully saturated rings. The summed E-state index contributed by atoms with van der Waals surface area (Å²) in [5.74, 6) is -0.689. The first-order valence-electron chi connectivity index (χ1n) is 8.25. The zero-order chi connectivity index (χ0) is 18.1. The lowest BCUT2D eigenvalue weighted by molar-refractivity contribution is -0.385. The second-order valence-corrected chi connectivity index (χ2v) is 6.13. The van der Waals surface area contributed by atoms with Crippen molar-refractivity contribution in [3.63, 3.8) is 0 Å². The number of para-hydroxylation sites is 1. The molecule has 0 unspecified atom stereocenters. The number of ether oxygens (including phenoxy) is 1. The SMILES string of the molecule is O=C(OCc1cccc2c1Cc1ccccc1-2)c1ccccc1[N+](=O)[O-]. The maximum absolute atomic E-state index is 12.3. The van der Waals surface area contributed by atoms with Crippen LogP contribution in [0.1, 0.15) is 27.0 Å². The monoisotopic (exact) mass is 345 g/mol. The number of carbonyl (C=O) groups is 1. The lowest BCUT2D eigenvalue weighted by Crippen LogP contribution is -2.09. The Hall–Kier alpha value is -3.47. The number of nitrogens with zero attached hydrogens (tertiary/aromatic N) is 1. The summed E-state index contributed by atoms with van der Waals surface area (Å²) in [7, 11) is 0. The number of nitro groups is 1. The minimum atomic E-state index is -0.689. The Kier molecular flexibility index (Phi) is 3.97. The predicted octanol–water partition coefficient (Wildman–Crippen LogP) is 4.52. The van der Waals surface area contributed by atoms with Crippen LogP contribution in [0.3, 0.4) is 0 Å². The van der Waals surface area contributed by atoms with Gasteiger partial charge in [0.15, 0.2) is 0 Å². The van der Waals surface area contributed by atoms with Crippen molar-refractivity contribution in [2.24, 2.45) is 0 Å². The molecule has 0 saturated heterocycles. The molecule has 3 aromatic rings. The first-order chi connectivity index (χ1) is 12.6. The summed E-state index contributed by atoms with van der Waals surface area (Å²) in [6, 6.07) is 20.0. The molecule has 0 spiro atoms. The van der Waals surface area contributed by atoms with E-state index in [9.17, 15) is 14.9 Å². The van der Waals surface area contributed by atoms with Gasteiger partial charge in [-0.1, -0.05) is 54.6 Å². The molecule has 0 saturated carbocycles. The molecule has 3 aromatic carbocycles. The fourth-order valence-corrected chi connectivity index (χ4v) is 3.39. The highest BCUT2D eigenvalue weighted by molar-refractivity contribution is 5.93. The lowest BCUT2D eigenvalue weighted by atomic mass is 10.0. The third-order valence-electron chi connectivity index (χ3n) is 4.63. The summed E-state index contributed by atoms with van der Waals surface area (Å²) < 4.78 is 5.39. The van der Waals surface area contributed by atoms with Gasteiger partial charge in [0.1, 0.15) is 12.2 Å². The van der Waals surface area contributed by atoms with Crippen LogP contribution >= 0.6 is 0 Å². The van der Waals surface area contributed by atoms with Crippen LogP contribution in [0.4, 0.5) is 5.69 Å². The maximum Gasteiger partial charge on any atom is 0.345 e. The number of esters is 1. The van der Waals surface area contributed by atoms with Crippen LogP contribution in [0.5, 0.6) is 0 Å². The van der Waals surface area contributed by atoms with Crippen molar-refractivity contribution in [3.8, 4) is 11.1 Å². The number of rotatable bonds is 4. The summed E-state index contributed by atoms with van der Waals surface area (Å²) in [6.45, 7) is 0.0854. The number of nitro benzene ring substituents is 1. The van der Waals surface area contributed by atoms with Crippen molar-refractivity contribution in [3.05, 3.63) is 99.1 Å². The Morgan fingerprint density at radius 3 is 2.54 bits per heavy atom. The first-order valence-corrected chi connectivity index (χ1v) is 8.25. The van der Waals surface area contributed by atoms with Gasteiger partial charge in [-0.05, 0) is 40.3 Å². The van der Waals surface area contributed by atoms with Crippen molar-refractivity contribution in [2.45, 2.75) is 13.0 Å². The second kappa shape index (κ2) is 6.44. The molecule has 0 atom stereocenters. The normalized spacial score (nSPS) is 11.5. The molecule has 128 valence electrons. The molecule has 1 aliphatic rings. The molecule has 5 heteroatoms. The number of fused-ring (bicyclic) bond motifs is 3. The van der Waals surface area contributed by atoms with E-state index in [4.69, 9.17) is 4.74 Å². The van der Waals surface area contributed by atoms with Crippen molar-refractivity contribution < 1.29 is 14.5 Å². The summed E-state index contributed by atoms with van der Waals surface area (Å²) in [5.41, 5.74) is 5.39. The topological polar surface area (TPSA) is 69.4 Å². The van der Waals surface area contributed by atoms with Gasteiger partial charge in [0.05, 0.1) is 4.92 Å². The molecule has 0 aromatic heterocycles. The molecular weight excluding hydrogens is 330 g/mol. The summed E-state index contributed by atoms with van der Waals surface area (Å²) in [4.78, 5) is 22.8. The molecule has 1 aliphatic carbocycles. The Bertz CT molecular complexity index is 1030. The minimum Gasteiger partial charge on any atom is -0.457 e. The van der Waals surface area contributed by atoms with Crippen LogP contribution in [0.2, 0.25) is 0 Å². The van der Waals surface area contributed by atoms with Crippen molar-refractivity contribution in [2.75, 3.05) is 0 Å². The summed E-state index contributed by atoms with van der Waals surface area (Å²) in [5, 5.41) is 11.1. The minimum absolute atomic E-state index is 0.0339. The van der Waals surface area contributed by atoms with Crippen LogP contribution in [0.25, 0.3) is 11.1 Å². The van der Waals surface area contributed by atoms with E-state index < -0.39 is 10.9 Å². The van der Waals surface area contributed by atoms with Crippen LogP contribution < -0.4 is 0 Å². The van der Waals surface area contributed by atoms with Crippen molar-refractivity contribution >= 4 is 11.7 Å². The van der Waals surface area contributed by atoms with Crippen LogP contribution in [-0.2, 0) is 17.8 Å². The van der Waals surface area contributed by atoms with E-state index in [0.717, 1.165) is 23.1 Å². The molecular formula is C21H15NO4. The smallest absolute Gasteiger partial charge is 0.345 e. The first kappa shape index (κ1) is 16.0. The number of hydrogen-bond acceptors (Lipinski definition) is 4. The van der Waals surface area contributed by atoms with E-state index >= 15 is 0 Å². The highest BCUT2D eigenvalue weighted by atomic mass is 16.6. The highest BCUT2D eigenvalue weighted by Crippen LogP contribution is 2.38. The molecule has 0 bridgehead atoms. The third kappa shape index (κ3) is 2.73. The van der Waals surface area contributed by atoms with Gasteiger partial charge in [-0.2, -0.15) is 0 Å². The largest absolute Gasteiger partial charge is 0.457 e. The zero-order valence-corrected chi connectivity index (χ0v) is 13.8. The van der Waals surface area contributed by atoms with E-state index in [1.807, 2.05) is 24.3 Å². The van der Waals surface area contributed by atoms with Gasteiger partial charge in [-0.15, -0.1) is 0 Å². The van der Waals surface area contributed by atoms with E-state index in [-0.39, 0.29) is 17.9 Å². The van der Waals surface area contributed by atoms with Gasteiger partial charge in [-0.25, -0.2) is 4.79 Å². The molecule has 26 heavy (non-hydrogen) atoms. The molecule has 0 N–H and O–H groups in total. The Morgan fingerprint density at radius 1 is 0.962 bits per heavy atom. The van der Waals surface area contributed by atoms with Crippen molar-refractivity contribution in [1.29, 1.82) is 0 Å². The average Bonchev–Trinajstić information content (AvgIpc) is 3.05. The molecule has 0 radical (unpaired) electrons. The molecule has 0 amide bonds. The predicted molar refractivity (Wildman–Crippen MR) is 96.9 cm³/mol. The number of carbonyl (C=O) groups excluding carboxylic acids is 1. The number of hydrogen-bond donors (Lipinski definition) is 0. The lowest BCUT2D eigenvalue weighted by Gasteiger charge is -2.10. The molecule has 0 heterocycles. The standard InChI is InChI=1S/C21H15NO4/c23-21(18-9-3-4-11-20(18)22(24)25)26-13-15-7-5-10-17-16-8-2-1-6-14(16)12-19(15)17/h1-11H,12-13H2. The Balaban J connectivity index is 1.57. The quantitative estimate of drug-likeness (QED) is 0.310. The number of benzene rings is 3. The molecule has 4 rings (SSSR count). The summed E-state index contributed by atoms with van der Waals surface area (Å²) >= 11 is 0. The van der Waals surface area contributed by atoms with E-state index in [0.29, 0.717) is 0 Å². The fourth-order valence-electron chi connectivity index (χ4n) is 3.39. The Morgan fingerprint density at radius 2 is 1.69 bits per heavy atom. The van der Waals surface area contributed by atoms with Crippen LogP contribution in [0, 0.1) is 10.1 Å². The molecule has 0 aliphatic heterocycles. The van der Waals surface area contributed by atoms with Gasteiger partial charge in [0.25, 0.3) is 5.69 Å². The van der Waals surface area contributed by atoms with E-state index in [2.05, 4.69) is 18.2 Å². The van der Waals surface area contributed by atoms with Crippen molar-refractivity contribution in [1.82, 2.24) is 0 Å². The molecule has 5 nitrogen and oxygen atoms in total. The fraction of sp³-hybridized carbons (Fsp3) is 0.0952. The van der Waals surface area contributed by atoms with Gasteiger partial charge < -0.3 is 4.74 Å². The Labute approximate surface area is 150 Å². The van der Waals surface area contributed by atoms with Gasteiger partial charge in [0.2, 0.25) is 0 Å². The van der Waals surface area contributed by atoms with Crippen LogP contribution in [0.15, 0.2) is 66.7 Å². The second-order valence-electron chi connectivity index (χ2n) is 6.13. The summed E-state index contributed by atoms with van der Waals surface area (Å²) in [6.07, 6.45) is 0.796. The van der Waals surface area contributed by atoms with E-state index in [1.54, 1.807) is 6.07 Å². The highest BCUT2D eigenvalue weighted by Gasteiger charge is 2.23. The van der Waals surface area contributed by atoms with Gasteiger partial charge in [0, 0.05) is 6.07 Å². The zero-order valence-electron chi connectivity index (χ0n) is 13.8. The van der Waals surface area contributed by atoms with Crippen LogP contribution in [-0.4, -0.2) is 10.9 Å².